The van der Waals surface area contributed by atoms with E-state index in [4.69, 9.17) is 9.47 Å². The summed E-state index contributed by atoms with van der Waals surface area (Å²) < 4.78 is 12.8. The van der Waals surface area contributed by atoms with E-state index in [1.165, 1.54) is 4.57 Å². The lowest BCUT2D eigenvalue weighted by Crippen LogP contribution is -2.24. The topological polar surface area (TPSA) is 99.4 Å². The summed E-state index contributed by atoms with van der Waals surface area (Å²) in [6.45, 7) is 5.24. The lowest BCUT2D eigenvalue weighted by atomic mass is 10.1. The maximum absolute atomic E-state index is 13.3. The molecule has 2 heterocycles. The Bertz CT molecular complexity index is 1430. The lowest BCUT2D eigenvalue weighted by molar-refractivity contribution is 0.0688. The van der Waals surface area contributed by atoms with Gasteiger partial charge < -0.3 is 14.6 Å². The lowest BCUT2D eigenvalue weighted by Gasteiger charge is -2.16. The average molecular weight is 537 g/mol. The van der Waals surface area contributed by atoms with Gasteiger partial charge in [0.2, 0.25) is 5.88 Å². The quantitative estimate of drug-likeness (QED) is 0.369. The molecule has 0 saturated heterocycles. The molecule has 0 spiro atoms. The SMILES string of the molecule is COc1cccc(COc2nc(C)n(-c3cccc(-c4ccnc(C(C)(C)O)n4)c3)c(=O)c2Br)c1. The van der Waals surface area contributed by atoms with Crippen molar-refractivity contribution in [3.05, 3.63) is 92.8 Å². The van der Waals surface area contributed by atoms with Gasteiger partial charge in [0.15, 0.2) is 5.82 Å². The van der Waals surface area contributed by atoms with E-state index in [2.05, 4.69) is 30.9 Å². The van der Waals surface area contributed by atoms with Crippen LogP contribution in [0.5, 0.6) is 11.6 Å². The number of aromatic nitrogens is 4. The molecule has 4 rings (SSSR count). The average Bonchev–Trinajstić information content (AvgIpc) is 2.85. The van der Waals surface area contributed by atoms with Gasteiger partial charge in [0.1, 0.15) is 28.3 Å². The van der Waals surface area contributed by atoms with Crippen molar-refractivity contribution < 1.29 is 14.6 Å². The Balaban J connectivity index is 1.66. The van der Waals surface area contributed by atoms with Crippen LogP contribution in [0, 0.1) is 6.92 Å². The molecular formula is C26H25BrN4O4. The molecule has 180 valence electrons. The van der Waals surface area contributed by atoms with Gasteiger partial charge in [-0.3, -0.25) is 9.36 Å². The molecular weight excluding hydrogens is 512 g/mol. The van der Waals surface area contributed by atoms with Gasteiger partial charge >= 0.3 is 0 Å². The molecule has 0 bridgehead atoms. The minimum atomic E-state index is -1.17. The summed E-state index contributed by atoms with van der Waals surface area (Å²) in [5, 5.41) is 10.3. The summed E-state index contributed by atoms with van der Waals surface area (Å²) in [5.74, 6) is 1.72. The van der Waals surface area contributed by atoms with Gasteiger partial charge in [-0.05, 0) is 72.6 Å². The maximum Gasteiger partial charge on any atom is 0.276 e. The molecule has 35 heavy (non-hydrogen) atoms. The molecule has 0 atom stereocenters. The van der Waals surface area contributed by atoms with Gasteiger partial charge in [0.05, 0.1) is 18.5 Å². The molecule has 0 unspecified atom stereocenters. The van der Waals surface area contributed by atoms with Crippen LogP contribution >= 0.6 is 15.9 Å². The third-order valence-corrected chi connectivity index (χ3v) is 5.96. The largest absolute Gasteiger partial charge is 0.497 e. The standard InChI is InChI=1S/C26H25BrN4O4/c1-16-29-23(35-15-17-7-5-10-20(13-17)34-4)22(27)24(32)31(16)19-9-6-8-18(14-19)21-11-12-28-25(30-21)26(2,3)33/h5-14,33H,15H2,1-4H3. The number of methoxy groups -OCH3 is 1. The van der Waals surface area contributed by atoms with Crippen LogP contribution in [0.3, 0.4) is 0 Å². The summed E-state index contributed by atoms with van der Waals surface area (Å²) in [6, 6.07) is 16.6. The van der Waals surface area contributed by atoms with Crippen LogP contribution in [0.15, 0.2) is 70.1 Å². The van der Waals surface area contributed by atoms with E-state index in [1.54, 1.807) is 40.1 Å². The van der Waals surface area contributed by atoms with E-state index < -0.39 is 5.60 Å². The van der Waals surface area contributed by atoms with Crippen molar-refractivity contribution in [3.8, 4) is 28.6 Å². The van der Waals surface area contributed by atoms with Crippen molar-refractivity contribution in [3.63, 3.8) is 0 Å². The van der Waals surface area contributed by atoms with Crippen molar-refractivity contribution in [1.29, 1.82) is 0 Å². The first-order valence-electron chi connectivity index (χ1n) is 10.9. The number of ether oxygens (including phenoxy) is 2. The smallest absolute Gasteiger partial charge is 0.276 e. The zero-order valence-corrected chi connectivity index (χ0v) is 21.4. The molecule has 0 aliphatic heterocycles. The summed E-state index contributed by atoms with van der Waals surface area (Å²) in [4.78, 5) is 26.4. The fraction of sp³-hybridized carbons (Fsp3) is 0.231. The second kappa shape index (κ2) is 9.97. The summed E-state index contributed by atoms with van der Waals surface area (Å²) in [6.07, 6.45) is 1.60. The van der Waals surface area contributed by atoms with E-state index in [9.17, 15) is 9.90 Å². The summed E-state index contributed by atoms with van der Waals surface area (Å²) in [7, 11) is 1.60. The molecule has 8 nitrogen and oxygen atoms in total. The molecule has 9 heteroatoms. The third-order valence-electron chi connectivity index (χ3n) is 5.28. The second-order valence-corrected chi connectivity index (χ2v) is 9.23. The summed E-state index contributed by atoms with van der Waals surface area (Å²) in [5.41, 5.74) is 1.46. The van der Waals surface area contributed by atoms with Crippen LogP contribution in [-0.2, 0) is 12.2 Å². The van der Waals surface area contributed by atoms with Gasteiger partial charge in [-0.25, -0.2) is 9.97 Å². The van der Waals surface area contributed by atoms with Gasteiger partial charge in [-0.2, -0.15) is 4.98 Å². The predicted molar refractivity (Wildman–Crippen MR) is 136 cm³/mol. The molecule has 0 aliphatic carbocycles. The van der Waals surface area contributed by atoms with Crippen LogP contribution in [0.1, 0.15) is 31.1 Å². The number of benzene rings is 2. The minimum absolute atomic E-state index is 0.216. The molecule has 4 aromatic rings. The molecule has 1 N–H and O–H groups in total. The number of halogens is 1. The third kappa shape index (κ3) is 5.41. The van der Waals surface area contributed by atoms with E-state index in [0.717, 1.165) is 16.9 Å². The Kier molecular flexibility index (Phi) is 7.00. The highest BCUT2D eigenvalue weighted by Gasteiger charge is 2.20. The zero-order chi connectivity index (χ0) is 25.2. The highest BCUT2D eigenvalue weighted by atomic mass is 79.9. The first-order valence-corrected chi connectivity index (χ1v) is 11.7. The van der Waals surface area contributed by atoms with E-state index >= 15 is 0 Å². The molecule has 0 saturated carbocycles. The Hall–Kier alpha value is -3.56. The van der Waals surface area contributed by atoms with Gasteiger partial charge in [0, 0.05) is 11.8 Å². The second-order valence-electron chi connectivity index (χ2n) is 8.43. The summed E-state index contributed by atoms with van der Waals surface area (Å²) >= 11 is 3.37. The number of nitrogens with zero attached hydrogens (tertiary/aromatic N) is 4. The van der Waals surface area contributed by atoms with E-state index in [0.29, 0.717) is 23.0 Å². The minimum Gasteiger partial charge on any atom is -0.497 e. The van der Waals surface area contributed by atoms with Crippen LogP contribution in [-0.4, -0.2) is 31.7 Å². The van der Waals surface area contributed by atoms with Gasteiger partial charge in [-0.1, -0.05) is 24.3 Å². The number of hydrogen-bond donors (Lipinski definition) is 1. The molecule has 2 aromatic heterocycles. The van der Waals surface area contributed by atoms with Gasteiger partial charge in [-0.15, -0.1) is 0 Å². The molecule has 0 radical (unpaired) electrons. The van der Waals surface area contributed by atoms with Crippen molar-refractivity contribution in [2.75, 3.05) is 7.11 Å². The first kappa shape index (κ1) is 24.6. The Labute approximate surface area is 211 Å². The Morgan fingerprint density at radius 2 is 1.86 bits per heavy atom. The molecule has 0 fully saturated rings. The van der Waals surface area contributed by atoms with Crippen LogP contribution in [0.2, 0.25) is 0 Å². The number of aryl methyl sites for hydroxylation is 1. The van der Waals surface area contributed by atoms with Gasteiger partial charge in [0.25, 0.3) is 5.56 Å². The zero-order valence-electron chi connectivity index (χ0n) is 19.8. The van der Waals surface area contributed by atoms with Crippen LogP contribution in [0.4, 0.5) is 0 Å². The maximum atomic E-state index is 13.3. The monoisotopic (exact) mass is 536 g/mol. The van der Waals surface area contributed by atoms with Crippen LogP contribution < -0.4 is 15.0 Å². The predicted octanol–water partition coefficient (Wildman–Crippen LogP) is 4.58. The number of rotatable bonds is 7. The van der Waals surface area contributed by atoms with E-state index in [1.807, 2.05) is 48.5 Å². The fourth-order valence-electron chi connectivity index (χ4n) is 3.51. The highest BCUT2D eigenvalue weighted by Crippen LogP contribution is 2.25. The molecule has 0 aliphatic rings. The van der Waals surface area contributed by atoms with Crippen molar-refractivity contribution in [1.82, 2.24) is 19.5 Å². The normalized spacial score (nSPS) is 11.4. The number of aliphatic hydroxyl groups is 1. The van der Waals surface area contributed by atoms with Crippen LogP contribution in [0.25, 0.3) is 16.9 Å². The van der Waals surface area contributed by atoms with E-state index in [-0.39, 0.29) is 22.5 Å². The highest BCUT2D eigenvalue weighted by molar-refractivity contribution is 9.10. The Morgan fingerprint density at radius 1 is 1.09 bits per heavy atom. The van der Waals surface area contributed by atoms with Crippen molar-refractivity contribution >= 4 is 15.9 Å². The molecule has 0 amide bonds. The fourth-order valence-corrected chi connectivity index (χ4v) is 3.90. The Morgan fingerprint density at radius 3 is 2.60 bits per heavy atom. The van der Waals surface area contributed by atoms with Crippen molar-refractivity contribution in [2.24, 2.45) is 0 Å². The van der Waals surface area contributed by atoms with Crippen molar-refractivity contribution in [2.45, 2.75) is 33.0 Å². The first-order chi connectivity index (χ1) is 16.7. The molecule has 2 aromatic carbocycles. The number of hydrogen-bond acceptors (Lipinski definition) is 7.